The topological polar surface area (TPSA) is 58.2 Å². The van der Waals surface area contributed by atoms with Gasteiger partial charge in [-0.2, -0.15) is 0 Å². The predicted molar refractivity (Wildman–Crippen MR) is 91.0 cm³/mol. The van der Waals surface area contributed by atoms with E-state index in [0.717, 1.165) is 18.5 Å². The summed E-state index contributed by atoms with van der Waals surface area (Å²) in [6.07, 6.45) is 1.40. The molecule has 0 saturated carbocycles. The Hall–Kier alpha value is -0.490. The van der Waals surface area contributed by atoms with Crippen molar-refractivity contribution in [2.45, 2.75) is 39.7 Å². The van der Waals surface area contributed by atoms with Crippen LogP contribution in [0.25, 0.3) is 0 Å². The standard InChI is InChI=1S/C14H22Cl2N2O2S/c1-10(2)17-6-4-5-7-21(19,20)18-14-9-12(15)11(3)8-13(14)16/h8-10,17-18H,4-7H2,1-3H3. The lowest BCUT2D eigenvalue weighted by molar-refractivity contribution is 0.561. The fraction of sp³-hybridized carbons (Fsp3) is 0.571. The van der Waals surface area contributed by atoms with Gasteiger partial charge in [-0.3, -0.25) is 4.72 Å². The molecule has 7 heteroatoms. The number of aryl methyl sites for hydroxylation is 1. The van der Waals surface area contributed by atoms with Crippen molar-refractivity contribution in [3.05, 3.63) is 27.7 Å². The summed E-state index contributed by atoms with van der Waals surface area (Å²) in [6.45, 7) is 6.74. The van der Waals surface area contributed by atoms with Gasteiger partial charge in [0, 0.05) is 11.1 Å². The van der Waals surface area contributed by atoms with Crippen LogP contribution in [0.2, 0.25) is 10.0 Å². The predicted octanol–water partition coefficient (Wildman–Crippen LogP) is 3.82. The smallest absolute Gasteiger partial charge is 0.232 e. The SMILES string of the molecule is Cc1cc(Cl)c(NS(=O)(=O)CCCCNC(C)C)cc1Cl. The van der Waals surface area contributed by atoms with Crippen molar-refractivity contribution in [3.63, 3.8) is 0 Å². The van der Waals surface area contributed by atoms with Crippen LogP contribution in [0.5, 0.6) is 0 Å². The average molecular weight is 353 g/mol. The van der Waals surface area contributed by atoms with Gasteiger partial charge in [-0.05, 0) is 44.0 Å². The van der Waals surface area contributed by atoms with E-state index < -0.39 is 10.0 Å². The Labute approximate surface area is 137 Å². The number of unbranched alkanes of at least 4 members (excludes halogenated alkanes) is 1. The van der Waals surface area contributed by atoms with E-state index in [1.54, 1.807) is 6.07 Å². The lowest BCUT2D eigenvalue weighted by Gasteiger charge is -2.12. The molecule has 0 bridgehead atoms. The molecule has 0 radical (unpaired) electrons. The van der Waals surface area contributed by atoms with E-state index >= 15 is 0 Å². The van der Waals surface area contributed by atoms with Crippen LogP contribution in [-0.4, -0.2) is 26.8 Å². The van der Waals surface area contributed by atoms with Crippen LogP contribution in [0.4, 0.5) is 5.69 Å². The second kappa shape index (κ2) is 8.22. The fourth-order valence-corrected chi connectivity index (χ4v) is 3.43. The molecule has 0 aliphatic carbocycles. The highest BCUT2D eigenvalue weighted by Crippen LogP contribution is 2.29. The summed E-state index contributed by atoms with van der Waals surface area (Å²) in [5, 5.41) is 4.08. The zero-order chi connectivity index (χ0) is 16.0. The molecule has 21 heavy (non-hydrogen) atoms. The second-order valence-corrected chi connectivity index (χ2v) is 7.97. The number of hydrogen-bond acceptors (Lipinski definition) is 3. The first-order valence-electron chi connectivity index (χ1n) is 6.91. The van der Waals surface area contributed by atoms with Gasteiger partial charge < -0.3 is 5.32 Å². The zero-order valence-corrected chi connectivity index (χ0v) is 14.9. The molecule has 1 aromatic rings. The normalized spacial score (nSPS) is 11.9. The largest absolute Gasteiger partial charge is 0.315 e. The molecule has 2 N–H and O–H groups in total. The molecule has 0 atom stereocenters. The van der Waals surface area contributed by atoms with Crippen LogP contribution in [-0.2, 0) is 10.0 Å². The lowest BCUT2D eigenvalue weighted by atomic mass is 10.2. The molecular formula is C14H22Cl2N2O2S. The van der Waals surface area contributed by atoms with Crippen molar-refractivity contribution in [1.29, 1.82) is 0 Å². The first-order chi connectivity index (χ1) is 9.71. The number of halogens is 2. The van der Waals surface area contributed by atoms with Crippen LogP contribution in [0.15, 0.2) is 12.1 Å². The number of hydrogen-bond donors (Lipinski definition) is 2. The summed E-state index contributed by atoms with van der Waals surface area (Å²) in [5.74, 6) is 0.0641. The number of rotatable bonds is 8. The van der Waals surface area contributed by atoms with Crippen LogP contribution < -0.4 is 10.0 Å². The summed E-state index contributed by atoms with van der Waals surface area (Å²) < 4.78 is 26.5. The number of nitrogens with one attached hydrogen (secondary N) is 2. The van der Waals surface area contributed by atoms with E-state index in [0.29, 0.717) is 28.2 Å². The number of anilines is 1. The van der Waals surface area contributed by atoms with E-state index in [2.05, 4.69) is 23.9 Å². The Morgan fingerprint density at radius 3 is 2.43 bits per heavy atom. The quantitative estimate of drug-likeness (QED) is 0.699. The van der Waals surface area contributed by atoms with Crippen LogP contribution in [0.3, 0.4) is 0 Å². The third-order valence-electron chi connectivity index (χ3n) is 2.91. The minimum absolute atomic E-state index is 0.0641. The molecule has 0 spiro atoms. The molecule has 1 rings (SSSR count). The van der Waals surface area contributed by atoms with Crippen molar-refractivity contribution in [3.8, 4) is 0 Å². The summed E-state index contributed by atoms with van der Waals surface area (Å²) in [4.78, 5) is 0. The Balaban J connectivity index is 2.55. The minimum atomic E-state index is -3.41. The van der Waals surface area contributed by atoms with E-state index in [1.807, 2.05) is 6.92 Å². The highest BCUT2D eigenvalue weighted by molar-refractivity contribution is 7.92. The highest BCUT2D eigenvalue weighted by atomic mass is 35.5. The first-order valence-corrected chi connectivity index (χ1v) is 9.31. The molecular weight excluding hydrogens is 331 g/mol. The third kappa shape index (κ3) is 6.87. The Kier molecular flexibility index (Phi) is 7.27. The van der Waals surface area contributed by atoms with E-state index in [1.165, 1.54) is 6.07 Å². The average Bonchev–Trinajstić information content (AvgIpc) is 2.34. The first kappa shape index (κ1) is 18.6. The summed E-state index contributed by atoms with van der Waals surface area (Å²) >= 11 is 12.0. The van der Waals surface area contributed by atoms with Gasteiger partial charge >= 0.3 is 0 Å². The maximum absolute atomic E-state index is 12.0. The molecule has 4 nitrogen and oxygen atoms in total. The van der Waals surface area contributed by atoms with Gasteiger partial charge in [0.2, 0.25) is 10.0 Å². The monoisotopic (exact) mass is 352 g/mol. The van der Waals surface area contributed by atoms with E-state index in [9.17, 15) is 8.42 Å². The molecule has 0 saturated heterocycles. The van der Waals surface area contributed by atoms with Crippen LogP contribution in [0.1, 0.15) is 32.3 Å². The fourth-order valence-electron chi connectivity index (χ4n) is 1.75. The summed E-state index contributed by atoms with van der Waals surface area (Å²) in [6, 6.07) is 3.60. The molecule has 0 aromatic heterocycles. The summed E-state index contributed by atoms with van der Waals surface area (Å²) in [5.41, 5.74) is 1.14. The minimum Gasteiger partial charge on any atom is -0.315 e. The lowest BCUT2D eigenvalue weighted by Crippen LogP contribution is -2.24. The molecule has 120 valence electrons. The Morgan fingerprint density at radius 1 is 1.14 bits per heavy atom. The van der Waals surface area contributed by atoms with Gasteiger partial charge in [0.15, 0.2) is 0 Å². The third-order valence-corrected chi connectivity index (χ3v) is 4.98. The molecule has 0 fully saturated rings. The van der Waals surface area contributed by atoms with Gasteiger partial charge in [0.25, 0.3) is 0 Å². The van der Waals surface area contributed by atoms with Crippen molar-refractivity contribution in [2.75, 3.05) is 17.0 Å². The van der Waals surface area contributed by atoms with E-state index in [4.69, 9.17) is 23.2 Å². The Morgan fingerprint density at radius 2 is 1.81 bits per heavy atom. The zero-order valence-electron chi connectivity index (χ0n) is 12.5. The molecule has 0 aliphatic rings. The molecule has 0 aliphatic heterocycles. The molecule has 1 aromatic carbocycles. The van der Waals surface area contributed by atoms with Gasteiger partial charge in [0.1, 0.15) is 0 Å². The molecule has 0 heterocycles. The summed E-state index contributed by atoms with van der Waals surface area (Å²) in [7, 11) is -3.41. The van der Waals surface area contributed by atoms with Crippen molar-refractivity contribution in [1.82, 2.24) is 5.32 Å². The van der Waals surface area contributed by atoms with Crippen LogP contribution in [0, 0.1) is 6.92 Å². The van der Waals surface area contributed by atoms with Gasteiger partial charge in [0.05, 0.1) is 16.5 Å². The van der Waals surface area contributed by atoms with Crippen molar-refractivity contribution in [2.24, 2.45) is 0 Å². The van der Waals surface area contributed by atoms with Gasteiger partial charge in [-0.1, -0.05) is 37.0 Å². The number of benzene rings is 1. The van der Waals surface area contributed by atoms with Crippen LogP contribution >= 0.6 is 23.2 Å². The Bertz CT molecular complexity index is 575. The van der Waals surface area contributed by atoms with Crippen molar-refractivity contribution < 1.29 is 8.42 Å². The molecule has 0 amide bonds. The maximum Gasteiger partial charge on any atom is 0.232 e. The highest BCUT2D eigenvalue weighted by Gasteiger charge is 2.13. The molecule has 0 unspecified atom stereocenters. The van der Waals surface area contributed by atoms with E-state index in [-0.39, 0.29) is 5.75 Å². The van der Waals surface area contributed by atoms with Gasteiger partial charge in [-0.25, -0.2) is 8.42 Å². The number of sulfonamides is 1. The van der Waals surface area contributed by atoms with Crippen molar-refractivity contribution >= 4 is 38.9 Å². The van der Waals surface area contributed by atoms with Gasteiger partial charge in [-0.15, -0.1) is 0 Å². The second-order valence-electron chi connectivity index (χ2n) is 5.32. The maximum atomic E-state index is 12.0.